The Morgan fingerprint density at radius 1 is 1.25 bits per heavy atom. The van der Waals surface area contributed by atoms with Crippen LogP contribution < -0.4 is 5.32 Å². The highest BCUT2D eigenvalue weighted by atomic mass is 16.6. The number of esters is 1. The van der Waals surface area contributed by atoms with Gasteiger partial charge in [0, 0.05) is 0 Å². The molecule has 0 spiro atoms. The van der Waals surface area contributed by atoms with Crippen LogP contribution in [0.15, 0.2) is 41.8 Å². The van der Waals surface area contributed by atoms with Gasteiger partial charge in [-0.05, 0) is 33.3 Å². The maximum atomic E-state index is 12.6. The van der Waals surface area contributed by atoms with Crippen molar-refractivity contribution >= 4 is 18.0 Å². The molecule has 1 saturated heterocycles. The van der Waals surface area contributed by atoms with Gasteiger partial charge in [0.05, 0.1) is 0 Å². The predicted octanol–water partition coefficient (Wildman–Crippen LogP) is 2.10. The number of alkyl carbamates (subject to hydrolysis) is 1. The average molecular weight is 388 g/mol. The zero-order valence-electron chi connectivity index (χ0n) is 16.4. The van der Waals surface area contributed by atoms with Gasteiger partial charge in [-0.15, -0.1) is 0 Å². The number of carbonyl (C=O) groups excluding carboxylic acids is 3. The molecule has 1 aromatic rings. The molecule has 3 rings (SSSR count). The number of amides is 2. The Labute approximate surface area is 163 Å². The Hall–Kier alpha value is -3.03. The molecule has 2 aliphatic heterocycles. The fourth-order valence-corrected chi connectivity index (χ4v) is 3.06. The lowest BCUT2D eigenvalue weighted by Gasteiger charge is -2.49. The number of benzene rings is 1. The summed E-state index contributed by atoms with van der Waals surface area (Å²) in [5.41, 5.74) is 0.210. The number of β-lactam (4-membered cyclic amide) rings is 1. The number of rotatable bonds is 4. The Morgan fingerprint density at radius 2 is 1.93 bits per heavy atom. The Balaban J connectivity index is 1.61. The van der Waals surface area contributed by atoms with Gasteiger partial charge in [0.15, 0.2) is 5.70 Å². The van der Waals surface area contributed by atoms with E-state index in [1.807, 2.05) is 30.3 Å². The Morgan fingerprint density at radius 3 is 2.57 bits per heavy atom. The van der Waals surface area contributed by atoms with Gasteiger partial charge in [0.1, 0.15) is 36.7 Å². The van der Waals surface area contributed by atoms with Crippen molar-refractivity contribution in [2.45, 2.75) is 52.0 Å². The summed E-state index contributed by atoms with van der Waals surface area (Å²) in [6.07, 6.45) is -0.702. The SMILES string of the molecule is CC1=C(C(=O)OC(C)(C)C)N2C(=O)[C@@H](NC(=O)OCc3ccccc3)[C@H]2CO1. The molecule has 28 heavy (non-hydrogen) atoms. The van der Waals surface area contributed by atoms with Crippen molar-refractivity contribution in [1.82, 2.24) is 10.2 Å². The molecular weight excluding hydrogens is 364 g/mol. The summed E-state index contributed by atoms with van der Waals surface area (Å²) in [6, 6.07) is 7.92. The second-order valence-corrected chi connectivity index (χ2v) is 7.68. The lowest BCUT2D eigenvalue weighted by atomic mass is 9.93. The monoisotopic (exact) mass is 388 g/mol. The van der Waals surface area contributed by atoms with Gasteiger partial charge >= 0.3 is 12.1 Å². The lowest BCUT2D eigenvalue weighted by molar-refractivity contribution is -0.165. The van der Waals surface area contributed by atoms with Crippen LogP contribution in [0.5, 0.6) is 0 Å². The first-order chi connectivity index (χ1) is 13.2. The van der Waals surface area contributed by atoms with E-state index in [1.165, 1.54) is 4.90 Å². The fourth-order valence-electron chi connectivity index (χ4n) is 3.06. The number of fused-ring (bicyclic) bond motifs is 1. The van der Waals surface area contributed by atoms with E-state index in [2.05, 4.69) is 5.32 Å². The van der Waals surface area contributed by atoms with Crippen molar-refractivity contribution in [1.29, 1.82) is 0 Å². The van der Waals surface area contributed by atoms with Crippen LogP contribution >= 0.6 is 0 Å². The summed E-state index contributed by atoms with van der Waals surface area (Å²) in [4.78, 5) is 38.5. The molecular formula is C20H24N2O6. The number of hydrogen-bond donors (Lipinski definition) is 1. The van der Waals surface area contributed by atoms with Gasteiger partial charge in [0.2, 0.25) is 0 Å². The van der Waals surface area contributed by atoms with Crippen molar-refractivity contribution in [3.63, 3.8) is 0 Å². The van der Waals surface area contributed by atoms with E-state index in [1.54, 1.807) is 27.7 Å². The summed E-state index contributed by atoms with van der Waals surface area (Å²) < 4.78 is 16.1. The molecule has 8 nitrogen and oxygen atoms in total. The first-order valence-corrected chi connectivity index (χ1v) is 9.04. The van der Waals surface area contributed by atoms with Crippen LogP contribution in [0.3, 0.4) is 0 Å². The largest absolute Gasteiger partial charge is 0.494 e. The van der Waals surface area contributed by atoms with Gasteiger partial charge in [-0.25, -0.2) is 9.59 Å². The molecule has 2 atom stereocenters. The standard InChI is InChI=1S/C20H24N2O6/c1-12-16(18(24)28-20(2,3)4)22-14(11-26-12)15(17(22)23)21-19(25)27-10-13-8-6-5-7-9-13/h5-9,14-15H,10-11H2,1-4H3,(H,21,25)/t14-,15+/m1/s1. The first kappa shape index (κ1) is 19.7. The van der Waals surface area contributed by atoms with E-state index < -0.39 is 35.7 Å². The maximum Gasteiger partial charge on any atom is 0.408 e. The molecule has 2 heterocycles. The summed E-state index contributed by atoms with van der Waals surface area (Å²) in [7, 11) is 0. The van der Waals surface area contributed by atoms with E-state index in [9.17, 15) is 14.4 Å². The Kier molecular flexibility index (Phi) is 5.31. The highest BCUT2D eigenvalue weighted by Crippen LogP contribution is 2.33. The molecule has 2 amide bonds. The second-order valence-electron chi connectivity index (χ2n) is 7.68. The highest BCUT2D eigenvalue weighted by Gasteiger charge is 2.55. The number of carbonyl (C=O) groups is 3. The van der Waals surface area contributed by atoms with E-state index in [4.69, 9.17) is 14.2 Å². The number of nitrogens with one attached hydrogen (secondary N) is 1. The van der Waals surface area contributed by atoms with Crippen molar-refractivity contribution in [3.8, 4) is 0 Å². The maximum absolute atomic E-state index is 12.6. The van der Waals surface area contributed by atoms with Crippen LogP contribution in [-0.4, -0.2) is 47.2 Å². The minimum absolute atomic E-state index is 0.0758. The molecule has 0 radical (unpaired) electrons. The van der Waals surface area contributed by atoms with Gasteiger partial charge < -0.3 is 19.5 Å². The predicted molar refractivity (Wildman–Crippen MR) is 98.7 cm³/mol. The molecule has 1 fully saturated rings. The van der Waals surface area contributed by atoms with Crippen LogP contribution in [0.1, 0.15) is 33.3 Å². The average Bonchev–Trinajstić information content (AvgIpc) is 2.63. The topological polar surface area (TPSA) is 94.2 Å². The molecule has 0 saturated carbocycles. The zero-order chi connectivity index (χ0) is 20.5. The smallest absolute Gasteiger partial charge is 0.408 e. The fraction of sp³-hybridized carbons (Fsp3) is 0.450. The minimum atomic E-state index is -0.811. The van der Waals surface area contributed by atoms with Crippen LogP contribution in [-0.2, 0) is 30.4 Å². The van der Waals surface area contributed by atoms with Gasteiger partial charge in [-0.1, -0.05) is 30.3 Å². The number of allylic oxidation sites excluding steroid dienone is 1. The van der Waals surface area contributed by atoms with Crippen molar-refractivity contribution in [3.05, 3.63) is 47.4 Å². The Bertz CT molecular complexity index is 812. The second kappa shape index (κ2) is 7.53. The zero-order valence-corrected chi connectivity index (χ0v) is 16.4. The summed E-state index contributed by atoms with van der Waals surface area (Å²) in [6.45, 7) is 7.11. The van der Waals surface area contributed by atoms with Crippen LogP contribution in [0, 0.1) is 0 Å². The van der Waals surface area contributed by atoms with Gasteiger partial charge in [-0.3, -0.25) is 9.69 Å². The molecule has 8 heteroatoms. The number of hydrogen-bond acceptors (Lipinski definition) is 6. The molecule has 1 N–H and O–H groups in total. The van der Waals surface area contributed by atoms with E-state index >= 15 is 0 Å². The summed E-state index contributed by atoms with van der Waals surface area (Å²) in [5.74, 6) is -0.706. The highest BCUT2D eigenvalue weighted by molar-refractivity contribution is 6.01. The molecule has 150 valence electrons. The van der Waals surface area contributed by atoms with Crippen LogP contribution in [0.4, 0.5) is 4.79 Å². The van der Waals surface area contributed by atoms with Gasteiger partial charge in [0.25, 0.3) is 5.91 Å². The van der Waals surface area contributed by atoms with Crippen molar-refractivity contribution in [2.75, 3.05) is 6.61 Å². The van der Waals surface area contributed by atoms with Crippen molar-refractivity contribution in [2.24, 2.45) is 0 Å². The normalized spacial score (nSPS) is 21.3. The van der Waals surface area contributed by atoms with E-state index in [0.29, 0.717) is 5.76 Å². The lowest BCUT2D eigenvalue weighted by Crippen LogP contribution is -2.73. The first-order valence-electron chi connectivity index (χ1n) is 9.04. The number of nitrogens with zero attached hydrogens (tertiary/aromatic N) is 1. The summed E-state index contributed by atoms with van der Waals surface area (Å²) in [5, 5.41) is 2.55. The minimum Gasteiger partial charge on any atom is -0.494 e. The molecule has 0 unspecified atom stereocenters. The molecule has 1 aromatic carbocycles. The van der Waals surface area contributed by atoms with Crippen molar-refractivity contribution < 1.29 is 28.6 Å². The molecule has 0 aliphatic carbocycles. The third-order valence-electron chi connectivity index (χ3n) is 4.34. The number of ether oxygens (including phenoxy) is 3. The summed E-state index contributed by atoms with van der Waals surface area (Å²) >= 11 is 0. The van der Waals surface area contributed by atoms with E-state index in [-0.39, 0.29) is 18.9 Å². The molecule has 0 aromatic heterocycles. The quantitative estimate of drug-likeness (QED) is 0.627. The van der Waals surface area contributed by atoms with E-state index in [0.717, 1.165) is 5.56 Å². The van der Waals surface area contributed by atoms with Gasteiger partial charge in [-0.2, -0.15) is 0 Å². The third-order valence-corrected chi connectivity index (χ3v) is 4.34. The molecule has 2 aliphatic rings. The van der Waals surface area contributed by atoms with Crippen LogP contribution in [0.2, 0.25) is 0 Å². The van der Waals surface area contributed by atoms with Crippen LogP contribution in [0.25, 0.3) is 0 Å². The third kappa shape index (κ3) is 4.11. The molecule has 0 bridgehead atoms.